The van der Waals surface area contributed by atoms with Crippen LogP contribution in [0.3, 0.4) is 0 Å². The molecule has 0 radical (unpaired) electrons. The third-order valence-electron chi connectivity index (χ3n) is 2.70. The minimum absolute atomic E-state index is 0.0298. The number of amides is 1. The topological polar surface area (TPSA) is 85.4 Å². The number of nitrogens with zero attached hydrogens (tertiary/aromatic N) is 1. The molecule has 0 saturated carbocycles. The van der Waals surface area contributed by atoms with Gasteiger partial charge in [0.05, 0.1) is 22.4 Å². The van der Waals surface area contributed by atoms with Crippen LogP contribution in [0.1, 0.15) is 11.3 Å². The van der Waals surface area contributed by atoms with Crippen LogP contribution in [-0.2, 0) is 4.79 Å². The zero-order valence-corrected chi connectivity index (χ0v) is 10.7. The number of benzene rings is 1. The maximum atomic E-state index is 11.7. The first-order valence-corrected chi connectivity index (χ1v) is 5.84. The van der Waals surface area contributed by atoms with E-state index in [1.807, 2.05) is 0 Å². The highest BCUT2D eigenvalue weighted by Crippen LogP contribution is 2.24. The number of anilines is 1. The molecule has 1 aromatic heterocycles. The number of nitro groups is 1. The quantitative estimate of drug-likeness (QED) is 0.526. The maximum absolute atomic E-state index is 11.7. The van der Waals surface area contributed by atoms with Gasteiger partial charge in [0.15, 0.2) is 0 Å². The number of hydrogen-bond donors (Lipinski definition) is 1. The first-order chi connectivity index (χ1) is 9.58. The molecule has 2 rings (SSSR count). The summed E-state index contributed by atoms with van der Waals surface area (Å²) in [7, 11) is 0. The van der Waals surface area contributed by atoms with Gasteiger partial charge in [-0.05, 0) is 31.2 Å². The normalized spacial score (nSPS) is 10.7. The predicted molar refractivity (Wildman–Crippen MR) is 74.2 cm³/mol. The minimum Gasteiger partial charge on any atom is -0.465 e. The van der Waals surface area contributed by atoms with Crippen molar-refractivity contribution >= 4 is 23.4 Å². The molecule has 1 N–H and O–H groups in total. The van der Waals surface area contributed by atoms with Gasteiger partial charge in [0, 0.05) is 12.1 Å². The zero-order chi connectivity index (χ0) is 14.5. The van der Waals surface area contributed by atoms with Crippen LogP contribution >= 0.6 is 0 Å². The molecule has 0 fully saturated rings. The van der Waals surface area contributed by atoms with E-state index in [1.54, 1.807) is 25.1 Å². The molecule has 2 aromatic rings. The summed E-state index contributed by atoms with van der Waals surface area (Å²) in [5, 5.41) is 13.4. The van der Waals surface area contributed by atoms with Crippen LogP contribution < -0.4 is 5.32 Å². The van der Waals surface area contributed by atoms with E-state index in [4.69, 9.17) is 4.42 Å². The second-order valence-electron chi connectivity index (χ2n) is 4.04. The lowest BCUT2D eigenvalue weighted by molar-refractivity contribution is -0.385. The van der Waals surface area contributed by atoms with E-state index >= 15 is 0 Å². The van der Waals surface area contributed by atoms with E-state index in [0.29, 0.717) is 17.0 Å². The highest BCUT2D eigenvalue weighted by molar-refractivity contribution is 6.02. The fourth-order valence-corrected chi connectivity index (χ4v) is 1.67. The summed E-state index contributed by atoms with van der Waals surface area (Å²) in [5.41, 5.74) is 0.795. The van der Waals surface area contributed by atoms with Gasteiger partial charge in [0.25, 0.3) is 5.69 Å². The lowest BCUT2D eigenvalue weighted by atomic mass is 10.1. The zero-order valence-electron chi connectivity index (χ0n) is 10.7. The average Bonchev–Trinajstić information content (AvgIpc) is 2.91. The molecule has 1 amide bonds. The van der Waals surface area contributed by atoms with Crippen molar-refractivity contribution in [3.63, 3.8) is 0 Å². The third kappa shape index (κ3) is 3.11. The Bertz CT molecular complexity index is 660. The summed E-state index contributed by atoms with van der Waals surface area (Å²) < 4.78 is 5.05. The standard InChI is InChI=1S/C14H12N2O4/c1-10-12(5-2-6-13(10)16(18)19)15-14(17)8-7-11-4-3-9-20-11/h2-9H,1H3,(H,15,17)/b8-7+. The van der Waals surface area contributed by atoms with Gasteiger partial charge in [0.2, 0.25) is 5.91 Å². The smallest absolute Gasteiger partial charge is 0.274 e. The van der Waals surface area contributed by atoms with E-state index in [0.717, 1.165) is 0 Å². The van der Waals surface area contributed by atoms with Crippen molar-refractivity contribution in [2.24, 2.45) is 0 Å². The van der Waals surface area contributed by atoms with Crippen LogP contribution in [0.5, 0.6) is 0 Å². The number of hydrogen-bond acceptors (Lipinski definition) is 4. The van der Waals surface area contributed by atoms with E-state index < -0.39 is 4.92 Å². The van der Waals surface area contributed by atoms with Gasteiger partial charge in [-0.2, -0.15) is 0 Å². The highest BCUT2D eigenvalue weighted by Gasteiger charge is 2.13. The van der Waals surface area contributed by atoms with Crippen molar-refractivity contribution in [2.45, 2.75) is 6.92 Å². The fraction of sp³-hybridized carbons (Fsp3) is 0.0714. The molecule has 0 spiro atoms. The highest BCUT2D eigenvalue weighted by atomic mass is 16.6. The predicted octanol–water partition coefficient (Wildman–Crippen LogP) is 3.15. The summed E-state index contributed by atoms with van der Waals surface area (Å²) in [4.78, 5) is 22.1. The molecule has 0 aliphatic rings. The van der Waals surface area contributed by atoms with Gasteiger partial charge in [-0.3, -0.25) is 14.9 Å². The molecule has 0 unspecified atom stereocenters. The molecule has 1 aromatic carbocycles. The Hall–Kier alpha value is -2.89. The molecule has 6 heteroatoms. The maximum Gasteiger partial charge on any atom is 0.274 e. The first-order valence-electron chi connectivity index (χ1n) is 5.84. The molecule has 0 saturated heterocycles. The Balaban J connectivity index is 2.12. The lowest BCUT2D eigenvalue weighted by Crippen LogP contribution is -2.09. The number of nitro benzene ring substituents is 1. The number of furan rings is 1. The average molecular weight is 272 g/mol. The van der Waals surface area contributed by atoms with E-state index in [2.05, 4.69) is 5.32 Å². The molecular formula is C14H12N2O4. The molecule has 20 heavy (non-hydrogen) atoms. The lowest BCUT2D eigenvalue weighted by Gasteiger charge is -2.06. The Morgan fingerprint density at radius 3 is 2.80 bits per heavy atom. The summed E-state index contributed by atoms with van der Waals surface area (Å²) in [6.07, 6.45) is 4.32. The van der Waals surface area contributed by atoms with Crippen LogP contribution in [-0.4, -0.2) is 10.8 Å². The van der Waals surface area contributed by atoms with Crippen molar-refractivity contribution in [3.8, 4) is 0 Å². The molecule has 0 aliphatic carbocycles. The summed E-state index contributed by atoms with van der Waals surface area (Å²) >= 11 is 0. The molecule has 0 aliphatic heterocycles. The Morgan fingerprint density at radius 1 is 1.35 bits per heavy atom. The van der Waals surface area contributed by atoms with Gasteiger partial charge >= 0.3 is 0 Å². The van der Waals surface area contributed by atoms with Crippen molar-refractivity contribution in [1.82, 2.24) is 0 Å². The van der Waals surface area contributed by atoms with Gasteiger partial charge in [-0.25, -0.2) is 0 Å². The second kappa shape index (κ2) is 5.83. The van der Waals surface area contributed by atoms with Crippen molar-refractivity contribution < 1.29 is 14.1 Å². The van der Waals surface area contributed by atoms with Crippen molar-refractivity contribution in [3.05, 3.63) is 64.1 Å². The van der Waals surface area contributed by atoms with E-state index in [9.17, 15) is 14.9 Å². The van der Waals surface area contributed by atoms with Crippen molar-refractivity contribution in [1.29, 1.82) is 0 Å². The number of carbonyl (C=O) groups is 1. The Morgan fingerprint density at radius 2 is 2.15 bits per heavy atom. The molecule has 102 valence electrons. The van der Waals surface area contributed by atoms with Crippen LogP contribution in [0.25, 0.3) is 6.08 Å². The van der Waals surface area contributed by atoms with Crippen LogP contribution in [0, 0.1) is 17.0 Å². The summed E-state index contributed by atoms with van der Waals surface area (Å²) in [6, 6.07) is 7.95. The third-order valence-corrected chi connectivity index (χ3v) is 2.70. The largest absolute Gasteiger partial charge is 0.465 e. The number of nitrogens with one attached hydrogen (secondary N) is 1. The van der Waals surface area contributed by atoms with Gasteiger partial charge < -0.3 is 9.73 Å². The minimum atomic E-state index is -0.482. The van der Waals surface area contributed by atoms with Crippen LogP contribution in [0.2, 0.25) is 0 Å². The second-order valence-corrected chi connectivity index (χ2v) is 4.04. The molecule has 0 bridgehead atoms. The molecular weight excluding hydrogens is 260 g/mol. The van der Waals surface area contributed by atoms with Gasteiger partial charge in [-0.1, -0.05) is 6.07 Å². The van der Waals surface area contributed by atoms with Crippen LogP contribution in [0.4, 0.5) is 11.4 Å². The van der Waals surface area contributed by atoms with Gasteiger partial charge in [-0.15, -0.1) is 0 Å². The first kappa shape index (κ1) is 13.5. The van der Waals surface area contributed by atoms with E-state index in [-0.39, 0.29) is 11.6 Å². The Labute approximate surface area is 114 Å². The Kier molecular flexibility index (Phi) is 3.95. The monoisotopic (exact) mass is 272 g/mol. The fourth-order valence-electron chi connectivity index (χ4n) is 1.67. The van der Waals surface area contributed by atoms with Crippen molar-refractivity contribution in [2.75, 3.05) is 5.32 Å². The number of carbonyl (C=O) groups excluding carboxylic acids is 1. The van der Waals surface area contributed by atoms with E-state index in [1.165, 1.54) is 30.5 Å². The van der Waals surface area contributed by atoms with Gasteiger partial charge in [0.1, 0.15) is 5.76 Å². The van der Waals surface area contributed by atoms with Crippen LogP contribution in [0.15, 0.2) is 47.1 Å². The summed E-state index contributed by atoms with van der Waals surface area (Å²) in [6.45, 7) is 1.59. The molecule has 1 heterocycles. The molecule has 6 nitrogen and oxygen atoms in total. The number of rotatable bonds is 4. The molecule has 0 atom stereocenters. The summed E-state index contributed by atoms with van der Waals surface area (Å²) in [5.74, 6) is 0.168. The SMILES string of the molecule is Cc1c(NC(=O)/C=C/c2ccco2)cccc1[N+](=O)[O-].